The molecule has 2 rings (SSSR count). The smallest absolute Gasteiger partial charge is 0.257 e. The Labute approximate surface area is 106 Å². The number of carbonyl (C=O) groups is 1. The molecule has 1 amide bonds. The molecule has 0 spiro atoms. The molecule has 1 fully saturated rings. The van der Waals surface area contributed by atoms with E-state index in [-0.39, 0.29) is 3.57 Å². The molecule has 1 saturated carbocycles. The predicted molar refractivity (Wildman–Crippen MR) is 64.1 cm³/mol. The molecule has 0 heterocycles. The minimum atomic E-state index is -0.814. The van der Waals surface area contributed by atoms with Gasteiger partial charge in [0.05, 0.1) is 0 Å². The molecule has 0 atom stereocenters. The van der Waals surface area contributed by atoms with Crippen LogP contribution in [0.25, 0.3) is 0 Å². The summed E-state index contributed by atoms with van der Waals surface area (Å²) in [7, 11) is 0. The van der Waals surface area contributed by atoms with Crippen molar-refractivity contribution in [2.75, 3.05) is 6.54 Å². The van der Waals surface area contributed by atoms with Gasteiger partial charge in [-0.25, -0.2) is 8.78 Å². The molecule has 1 N–H and O–H groups in total. The summed E-state index contributed by atoms with van der Waals surface area (Å²) >= 11 is 1.73. The molecule has 1 aromatic rings. The molecular formula is C11H10F2INO. The van der Waals surface area contributed by atoms with E-state index in [9.17, 15) is 13.6 Å². The van der Waals surface area contributed by atoms with Crippen molar-refractivity contribution in [3.63, 3.8) is 0 Å². The lowest BCUT2D eigenvalue weighted by atomic mass is 10.2. The summed E-state index contributed by atoms with van der Waals surface area (Å²) in [5.41, 5.74) is -0.479. The molecule has 1 aliphatic rings. The Morgan fingerprint density at radius 2 is 2.12 bits per heavy atom. The average Bonchev–Trinajstić information content (AvgIpc) is 3.05. The molecular weight excluding hydrogens is 327 g/mol. The Kier molecular flexibility index (Phi) is 3.41. The molecule has 0 aliphatic heterocycles. The molecule has 0 radical (unpaired) electrons. The third-order valence-corrected chi connectivity index (χ3v) is 3.35. The zero-order valence-corrected chi connectivity index (χ0v) is 10.6. The Bertz CT molecular complexity index is 432. The monoisotopic (exact) mass is 337 g/mol. The quantitative estimate of drug-likeness (QED) is 0.667. The number of hydrogen-bond donors (Lipinski definition) is 1. The SMILES string of the molecule is O=C(NCC1CC1)c1c(F)ccc(I)c1F. The first kappa shape index (κ1) is 11.8. The number of hydrogen-bond acceptors (Lipinski definition) is 1. The zero-order valence-electron chi connectivity index (χ0n) is 8.40. The fourth-order valence-electron chi connectivity index (χ4n) is 1.38. The summed E-state index contributed by atoms with van der Waals surface area (Å²) in [5, 5.41) is 2.55. The van der Waals surface area contributed by atoms with Crippen molar-refractivity contribution in [1.82, 2.24) is 5.32 Å². The van der Waals surface area contributed by atoms with Gasteiger partial charge in [-0.15, -0.1) is 0 Å². The van der Waals surface area contributed by atoms with E-state index < -0.39 is 23.1 Å². The third kappa shape index (κ3) is 2.50. The normalized spacial score (nSPS) is 14.9. The van der Waals surface area contributed by atoms with Crippen LogP contribution in [-0.4, -0.2) is 12.5 Å². The fourth-order valence-corrected chi connectivity index (χ4v) is 1.83. The molecule has 16 heavy (non-hydrogen) atoms. The van der Waals surface area contributed by atoms with Gasteiger partial charge in [-0.1, -0.05) is 0 Å². The predicted octanol–water partition coefficient (Wildman–Crippen LogP) is 2.71. The summed E-state index contributed by atoms with van der Waals surface area (Å²) in [6.45, 7) is 0.503. The van der Waals surface area contributed by atoms with Crippen LogP contribution in [-0.2, 0) is 0 Å². The minimum absolute atomic E-state index is 0.246. The number of amides is 1. The van der Waals surface area contributed by atoms with Crippen molar-refractivity contribution in [2.24, 2.45) is 5.92 Å². The Balaban J connectivity index is 2.17. The van der Waals surface area contributed by atoms with E-state index in [1.807, 2.05) is 0 Å². The zero-order chi connectivity index (χ0) is 11.7. The van der Waals surface area contributed by atoms with Crippen LogP contribution in [0.2, 0.25) is 0 Å². The second kappa shape index (κ2) is 4.65. The molecule has 1 aliphatic carbocycles. The van der Waals surface area contributed by atoms with Crippen LogP contribution in [0.1, 0.15) is 23.2 Å². The number of rotatable bonds is 3. The second-order valence-corrected chi connectivity index (χ2v) is 5.03. The van der Waals surface area contributed by atoms with E-state index in [0.29, 0.717) is 12.5 Å². The lowest BCUT2D eigenvalue weighted by molar-refractivity contribution is 0.0943. The van der Waals surface area contributed by atoms with Crippen LogP contribution < -0.4 is 5.32 Å². The van der Waals surface area contributed by atoms with Crippen LogP contribution in [0.4, 0.5) is 8.78 Å². The molecule has 0 aromatic heterocycles. The van der Waals surface area contributed by atoms with E-state index in [0.717, 1.165) is 18.9 Å². The van der Waals surface area contributed by atoms with Crippen LogP contribution in [0.15, 0.2) is 12.1 Å². The van der Waals surface area contributed by atoms with Crippen LogP contribution in [0.5, 0.6) is 0 Å². The summed E-state index contributed by atoms with van der Waals surface area (Å²) in [4.78, 5) is 11.6. The van der Waals surface area contributed by atoms with Crippen LogP contribution >= 0.6 is 22.6 Å². The molecule has 0 unspecified atom stereocenters. The highest BCUT2D eigenvalue weighted by atomic mass is 127. The largest absolute Gasteiger partial charge is 0.352 e. The van der Waals surface area contributed by atoms with E-state index in [2.05, 4.69) is 5.32 Å². The third-order valence-electron chi connectivity index (χ3n) is 2.52. The first-order valence-electron chi connectivity index (χ1n) is 5.01. The fraction of sp³-hybridized carbons (Fsp3) is 0.364. The molecule has 5 heteroatoms. The van der Waals surface area contributed by atoms with Gasteiger partial charge >= 0.3 is 0 Å². The number of carbonyl (C=O) groups excluding carboxylic acids is 1. The van der Waals surface area contributed by atoms with Gasteiger partial charge in [0, 0.05) is 10.1 Å². The maximum absolute atomic E-state index is 13.5. The molecule has 86 valence electrons. The number of nitrogens with one attached hydrogen (secondary N) is 1. The van der Waals surface area contributed by atoms with Crippen molar-refractivity contribution in [3.05, 3.63) is 32.9 Å². The van der Waals surface area contributed by atoms with Gasteiger partial charge in [0.2, 0.25) is 0 Å². The van der Waals surface area contributed by atoms with Crippen LogP contribution in [0, 0.1) is 21.1 Å². The lowest BCUT2D eigenvalue weighted by Gasteiger charge is -2.07. The second-order valence-electron chi connectivity index (χ2n) is 3.87. The molecule has 1 aromatic carbocycles. The van der Waals surface area contributed by atoms with E-state index in [1.165, 1.54) is 6.07 Å². The van der Waals surface area contributed by atoms with E-state index in [1.54, 1.807) is 22.6 Å². The first-order valence-corrected chi connectivity index (χ1v) is 6.09. The Morgan fingerprint density at radius 3 is 2.75 bits per heavy atom. The maximum Gasteiger partial charge on any atom is 0.257 e. The van der Waals surface area contributed by atoms with E-state index >= 15 is 0 Å². The Hall–Kier alpha value is -0.720. The minimum Gasteiger partial charge on any atom is -0.352 e. The highest BCUT2D eigenvalue weighted by Crippen LogP contribution is 2.27. The van der Waals surface area contributed by atoms with Crippen molar-refractivity contribution in [3.8, 4) is 0 Å². The van der Waals surface area contributed by atoms with Gasteiger partial charge in [0.1, 0.15) is 11.4 Å². The Morgan fingerprint density at radius 1 is 1.44 bits per heavy atom. The lowest BCUT2D eigenvalue weighted by Crippen LogP contribution is -2.27. The van der Waals surface area contributed by atoms with Crippen molar-refractivity contribution >= 4 is 28.5 Å². The summed E-state index contributed by atoms with van der Waals surface area (Å²) in [5.74, 6) is -1.78. The number of halogens is 3. The summed E-state index contributed by atoms with van der Waals surface area (Å²) in [6, 6.07) is 2.42. The van der Waals surface area contributed by atoms with Crippen molar-refractivity contribution in [2.45, 2.75) is 12.8 Å². The summed E-state index contributed by atoms with van der Waals surface area (Å²) in [6.07, 6.45) is 2.16. The van der Waals surface area contributed by atoms with Gasteiger partial charge in [0.15, 0.2) is 5.82 Å². The number of benzene rings is 1. The first-order chi connectivity index (χ1) is 7.59. The van der Waals surface area contributed by atoms with Crippen molar-refractivity contribution < 1.29 is 13.6 Å². The summed E-state index contributed by atoms with van der Waals surface area (Å²) < 4.78 is 27.1. The maximum atomic E-state index is 13.5. The van der Waals surface area contributed by atoms with Crippen molar-refractivity contribution in [1.29, 1.82) is 0 Å². The van der Waals surface area contributed by atoms with E-state index in [4.69, 9.17) is 0 Å². The van der Waals surface area contributed by atoms with Crippen LogP contribution in [0.3, 0.4) is 0 Å². The average molecular weight is 337 g/mol. The topological polar surface area (TPSA) is 29.1 Å². The van der Waals surface area contributed by atoms with Gasteiger partial charge in [-0.2, -0.15) is 0 Å². The highest BCUT2D eigenvalue weighted by Gasteiger charge is 2.24. The molecule has 2 nitrogen and oxygen atoms in total. The highest BCUT2D eigenvalue weighted by molar-refractivity contribution is 14.1. The van der Waals surface area contributed by atoms with Gasteiger partial charge in [-0.05, 0) is 53.5 Å². The van der Waals surface area contributed by atoms with Gasteiger partial charge in [-0.3, -0.25) is 4.79 Å². The van der Waals surface area contributed by atoms with Gasteiger partial charge < -0.3 is 5.32 Å². The van der Waals surface area contributed by atoms with Gasteiger partial charge in [0.25, 0.3) is 5.91 Å². The molecule has 0 bridgehead atoms. The standard InChI is InChI=1S/C11H10F2INO/c12-7-3-4-8(14)10(13)9(7)11(16)15-5-6-1-2-6/h3-4,6H,1-2,5H2,(H,15,16). The molecule has 0 saturated heterocycles.